The Balaban J connectivity index is 1.93. The van der Waals surface area contributed by atoms with Gasteiger partial charge in [-0.15, -0.1) is 0 Å². The fraction of sp³-hybridized carbons (Fsp3) is 0.261. The summed E-state index contributed by atoms with van der Waals surface area (Å²) in [6, 6.07) is 5.09. The maximum absolute atomic E-state index is 13.4. The number of carboxylic acid groups (broad SMARTS) is 1. The molecule has 7 N–H and O–H groups in total. The molecule has 0 bridgehead atoms. The number of esters is 1. The number of hydrogen-bond acceptors (Lipinski definition) is 13. The molecule has 5 atom stereocenters. The lowest BCUT2D eigenvalue weighted by atomic mass is 9.98. The highest BCUT2D eigenvalue weighted by Crippen LogP contribution is 2.39. The summed E-state index contributed by atoms with van der Waals surface area (Å²) in [6.45, 7) is 0.957. The van der Waals surface area contributed by atoms with E-state index in [2.05, 4.69) is 0 Å². The molecule has 1 saturated heterocycles. The second-order valence-corrected chi connectivity index (χ2v) is 8.07. The minimum atomic E-state index is -2.06. The Kier molecular flexibility index (Phi) is 6.56. The van der Waals surface area contributed by atoms with Crippen LogP contribution in [0.3, 0.4) is 0 Å². The first-order chi connectivity index (χ1) is 17.4. The van der Waals surface area contributed by atoms with Gasteiger partial charge in [0.05, 0.1) is 0 Å². The number of ether oxygens (including phenoxy) is 3. The van der Waals surface area contributed by atoms with Crippen molar-refractivity contribution in [2.24, 2.45) is 0 Å². The Labute approximate surface area is 205 Å². The third kappa shape index (κ3) is 4.67. The zero-order chi connectivity index (χ0) is 27.2. The number of aliphatic hydroxyl groups is 2. The van der Waals surface area contributed by atoms with Gasteiger partial charge in [-0.2, -0.15) is 0 Å². The molecule has 2 heterocycles. The maximum atomic E-state index is 13.4. The number of rotatable bonds is 5. The first-order valence-corrected chi connectivity index (χ1v) is 10.5. The SMILES string of the molecule is CC(=O)O[C@@H]1[C@@H](Oc2c(-c3ccc(O)c(O)c3)oc3cc(O)cc(O)c3c2=O)O[C@@H](C(=O)O)[C@H](O)[C@H]1O. The van der Waals surface area contributed by atoms with Crippen molar-refractivity contribution in [3.05, 3.63) is 40.6 Å². The molecule has 0 spiro atoms. The van der Waals surface area contributed by atoms with Crippen molar-refractivity contribution in [3.8, 4) is 40.1 Å². The number of aliphatic carboxylic acids is 1. The third-order valence-electron chi connectivity index (χ3n) is 5.48. The van der Waals surface area contributed by atoms with Crippen LogP contribution in [0, 0.1) is 0 Å². The van der Waals surface area contributed by atoms with Crippen molar-refractivity contribution >= 4 is 22.9 Å². The van der Waals surface area contributed by atoms with Gasteiger partial charge in [0.15, 0.2) is 29.5 Å². The number of carbonyl (C=O) groups excluding carboxylic acids is 1. The number of hydrogen-bond donors (Lipinski definition) is 7. The molecule has 1 aromatic heterocycles. The molecule has 4 rings (SSSR count). The Bertz CT molecular complexity index is 1440. The highest BCUT2D eigenvalue weighted by atomic mass is 16.7. The van der Waals surface area contributed by atoms with Crippen molar-refractivity contribution in [3.63, 3.8) is 0 Å². The van der Waals surface area contributed by atoms with E-state index in [0.29, 0.717) is 0 Å². The van der Waals surface area contributed by atoms with E-state index in [1.165, 1.54) is 6.07 Å². The number of carbonyl (C=O) groups is 2. The van der Waals surface area contributed by atoms with Crippen LogP contribution in [0.4, 0.5) is 0 Å². The molecule has 2 aromatic carbocycles. The normalized spacial score (nSPS) is 23.5. The Hall–Kier alpha value is -4.53. The summed E-state index contributed by atoms with van der Waals surface area (Å²) in [5, 5.41) is 69.2. The minimum absolute atomic E-state index is 0.0673. The molecule has 0 aliphatic carbocycles. The molecule has 3 aromatic rings. The number of aliphatic hydroxyl groups excluding tert-OH is 2. The van der Waals surface area contributed by atoms with Crippen LogP contribution in [-0.4, -0.2) is 78.4 Å². The van der Waals surface area contributed by atoms with Gasteiger partial charge in [0, 0.05) is 24.6 Å². The first-order valence-electron chi connectivity index (χ1n) is 10.5. The van der Waals surface area contributed by atoms with Gasteiger partial charge in [-0.05, 0) is 18.2 Å². The lowest BCUT2D eigenvalue weighted by Crippen LogP contribution is -2.62. The minimum Gasteiger partial charge on any atom is -0.508 e. The summed E-state index contributed by atoms with van der Waals surface area (Å²) in [4.78, 5) is 36.6. The molecular formula is C23H20O14. The van der Waals surface area contributed by atoms with Gasteiger partial charge in [-0.3, -0.25) is 9.59 Å². The number of fused-ring (bicyclic) bond motifs is 1. The molecule has 0 amide bonds. The van der Waals surface area contributed by atoms with Gasteiger partial charge in [-0.25, -0.2) is 4.79 Å². The van der Waals surface area contributed by atoms with Crippen LogP contribution in [0.5, 0.6) is 28.7 Å². The average Bonchev–Trinajstić information content (AvgIpc) is 2.80. The van der Waals surface area contributed by atoms with Gasteiger partial charge >= 0.3 is 11.9 Å². The lowest BCUT2D eigenvalue weighted by Gasteiger charge is -2.40. The van der Waals surface area contributed by atoms with Crippen LogP contribution in [0.15, 0.2) is 39.5 Å². The maximum Gasteiger partial charge on any atom is 0.335 e. The van der Waals surface area contributed by atoms with Crippen molar-refractivity contribution in [1.29, 1.82) is 0 Å². The predicted molar refractivity (Wildman–Crippen MR) is 119 cm³/mol. The fourth-order valence-corrected chi connectivity index (χ4v) is 3.80. The monoisotopic (exact) mass is 520 g/mol. The van der Waals surface area contributed by atoms with Crippen LogP contribution in [0.1, 0.15) is 6.92 Å². The third-order valence-corrected chi connectivity index (χ3v) is 5.48. The summed E-state index contributed by atoms with van der Waals surface area (Å²) < 4.78 is 21.4. The van der Waals surface area contributed by atoms with Crippen molar-refractivity contribution in [2.75, 3.05) is 0 Å². The first kappa shape index (κ1) is 25.6. The number of aromatic hydroxyl groups is 4. The van der Waals surface area contributed by atoms with E-state index in [-0.39, 0.29) is 11.1 Å². The molecule has 14 heteroatoms. The number of phenols is 4. The smallest absolute Gasteiger partial charge is 0.335 e. The topological polar surface area (TPSA) is 234 Å². The molecule has 196 valence electrons. The van der Waals surface area contributed by atoms with Crippen LogP contribution < -0.4 is 10.2 Å². The van der Waals surface area contributed by atoms with Gasteiger partial charge in [0.1, 0.15) is 34.7 Å². The molecule has 0 radical (unpaired) electrons. The molecular weight excluding hydrogens is 500 g/mol. The Morgan fingerprint density at radius 1 is 0.946 bits per heavy atom. The summed E-state index contributed by atoms with van der Waals surface area (Å²) in [7, 11) is 0. The van der Waals surface area contributed by atoms with E-state index >= 15 is 0 Å². The van der Waals surface area contributed by atoms with E-state index < -0.39 is 88.0 Å². The highest BCUT2D eigenvalue weighted by molar-refractivity contribution is 5.88. The summed E-state index contributed by atoms with van der Waals surface area (Å²) in [5.41, 5.74) is -1.46. The van der Waals surface area contributed by atoms with E-state index in [1.807, 2.05) is 0 Å². The predicted octanol–water partition coefficient (Wildman–Crippen LogP) is 0.124. The number of benzene rings is 2. The van der Waals surface area contributed by atoms with E-state index in [4.69, 9.17) is 18.6 Å². The molecule has 14 nitrogen and oxygen atoms in total. The van der Waals surface area contributed by atoms with Crippen LogP contribution in [0.25, 0.3) is 22.3 Å². The van der Waals surface area contributed by atoms with Crippen molar-refractivity contribution in [2.45, 2.75) is 37.6 Å². The summed E-state index contributed by atoms with van der Waals surface area (Å²) in [6.07, 6.45) is -9.95. The second kappa shape index (κ2) is 9.50. The summed E-state index contributed by atoms with van der Waals surface area (Å²) >= 11 is 0. The van der Waals surface area contributed by atoms with Crippen LogP contribution in [0.2, 0.25) is 0 Å². The summed E-state index contributed by atoms with van der Waals surface area (Å²) in [5.74, 6) is -6.20. The largest absolute Gasteiger partial charge is 0.508 e. The average molecular weight is 520 g/mol. The van der Waals surface area contributed by atoms with Gasteiger partial charge in [0.25, 0.3) is 0 Å². The second-order valence-electron chi connectivity index (χ2n) is 8.07. The van der Waals surface area contributed by atoms with Crippen molar-refractivity contribution in [1.82, 2.24) is 0 Å². The van der Waals surface area contributed by atoms with Crippen molar-refractivity contribution < 1.29 is 64.0 Å². The molecule has 1 fully saturated rings. The van der Waals surface area contributed by atoms with Gasteiger partial charge < -0.3 is 54.4 Å². The van der Waals surface area contributed by atoms with Crippen LogP contribution >= 0.6 is 0 Å². The molecule has 37 heavy (non-hydrogen) atoms. The Morgan fingerprint density at radius 3 is 2.27 bits per heavy atom. The number of phenolic OH excluding ortho intramolecular Hbond substituents is 4. The van der Waals surface area contributed by atoms with Gasteiger partial charge in [0.2, 0.25) is 17.5 Å². The van der Waals surface area contributed by atoms with E-state index in [9.17, 15) is 50.1 Å². The standard InChI is InChI=1S/C23H20O14/c1-7(24)34-21-17(31)16(30)20(22(32)33)37-23(21)36-19-15(29)14-12(28)5-9(25)6-13(14)35-18(19)8-2-3-10(26)11(27)4-8/h2-6,16-17,20-21,23,25-28,30-31H,1H3,(H,32,33)/t16-,17-,20-,21+,23+/m1/s1. The van der Waals surface area contributed by atoms with Gasteiger partial charge in [-0.1, -0.05) is 0 Å². The highest BCUT2D eigenvalue weighted by Gasteiger charge is 2.51. The fourth-order valence-electron chi connectivity index (χ4n) is 3.80. The molecule has 1 aliphatic rings. The van der Waals surface area contributed by atoms with E-state index in [1.54, 1.807) is 0 Å². The molecule has 0 saturated carbocycles. The van der Waals surface area contributed by atoms with Crippen LogP contribution in [-0.2, 0) is 19.1 Å². The molecule has 0 unspecified atom stereocenters. The zero-order valence-corrected chi connectivity index (χ0v) is 18.8. The quantitative estimate of drug-likeness (QED) is 0.175. The molecule has 1 aliphatic heterocycles. The number of carboxylic acids is 1. The van der Waals surface area contributed by atoms with E-state index in [0.717, 1.165) is 31.2 Å². The Morgan fingerprint density at radius 2 is 1.65 bits per heavy atom. The zero-order valence-electron chi connectivity index (χ0n) is 18.8. The lowest BCUT2D eigenvalue weighted by molar-refractivity contribution is -0.275.